The summed E-state index contributed by atoms with van der Waals surface area (Å²) in [5.74, 6) is -2.68. The molecule has 0 spiro atoms. The Morgan fingerprint density at radius 3 is 2.16 bits per heavy atom. The minimum Gasteiger partial charge on any atom is -0.391 e. The van der Waals surface area contributed by atoms with E-state index in [-0.39, 0.29) is 24.9 Å². The third-order valence-corrected chi connectivity index (χ3v) is 3.79. The van der Waals surface area contributed by atoms with Crippen molar-refractivity contribution in [2.75, 3.05) is 6.61 Å². The smallest absolute Gasteiger partial charge is 0.224 e. The molecule has 0 radical (unpaired) electrons. The predicted octanol–water partition coefficient (Wildman–Crippen LogP) is 0.765. The van der Waals surface area contributed by atoms with E-state index in [9.17, 15) is 5.11 Å². The SMILES string of the molecule is CC1OC2(CO)OC(C)(C)OC2C2OC(C)(C)OC12. The Labute approximate surface area is 112 Å². The average molecular weight is 274 g/mol. The van der Waals surface area contributed by atoms with E-state index in [1.54, 1.807) is 13.8 Å². The molecule has 19 heavy (non-hydrogen) atoms. The molecule has 0 bridgehead atoms. The van der Waals surface area contributed by atoms with Crippen LogP contribution in [0, 0.1) is 0 Å². The minimum absolute atomic E-state index is 0.225. The zero-order valence-corrected chi connectivity index (χ0v) is 12.0. The summed E-state index contributed by atoms with van der Waals surface area (Å²) >= 11 is 0. The summed E-state index contributed by atoms with van der Waals surface area (Å²) in [4.78, 5) is 0. The molecule has 0 aromatic rings. The van der Waals surface area contributed by atoms with Crippen molar-refractivity contribution >= 4 is 0 Å². The van der Waals surface area contributed by atoms with Gasteiger partial charge in [-0.3, -0.25) is 0 Å². The van der Waals surface area contributed by atoms with Crippen LogP contribution < -0.4 is 0 Å². The van der Waals surface area contributed by atoms with Gasteiger partial charge in [0.1, 0.15) is 24.9 Å². The van der Waals surface area contributed by atoms with Gasteiger partial charge >= 0.3 is 0 Å². The molecule has 1 N–H and O–H groups in total. The van der Waals surface area contributed by atoms with Gasteiger partial charge in [0.15, 0.2) is 11.6 Å². The van der Waals surface area contributed by atoms with Gasteiger partial charge in [0.05, 0.1) is 6.10 Å². The van der Waals surface area contributed by atoms with Gasteiger partial charge in [-0.15, -0.1) is 0 Å². The van der Waals surface area contributed by atoms with E-state index in [1.807, 2.05) is 20.8 Å². The monoisotopic (exact) mass is 274 g/mol. The Bertz CT molecular complexity index is 381. The van der Waals surface area contributed by atoms with Gasteiger partial charge in [-0.1, -0.05) is 0 Å². The normalized spacial score (nSPS) is 50.8. The fourth-order valence-corrected chi connectivity index (χ4v) is 3.26. The standard InChI is InChI=1S/C13H22O6/c1-7-8-9(17-11(2,3)16-8)10-13(6-14,15-7)19-12(4,5)18-10/h7-10,14H,6H2,1-5H3. The van der Waals surface area contributed by atoms with E-state index in [1.165, 1.54) is 0 Å². The maximum atomic E-state index is 9.73. The first-order chi connectivity index (χ1) is 8.68. The van der Waals surface area contributed by atoms with Crippen LogP contribution in [-0.2, 0) is 23.7 Å². The Kier molecular flexibility index (Phi) is 2.82. The lowest BCUT2D eigenvalue weighted by Gasteiger charge is -2.43. The molecule has 0 aliphatic carbocycles. The molecule has 5 unspecified atom stereocenters. The molecule has 5 atom stereocenters. The number of hydrogen-bond acceptors (Lipinski definition) is 6. The Balaban J connectivity index is 1.96. The average Bonchev–Trinajstić information content (AvgIpc) is 2.72. The highest BCUT2D eigenvalue weighted by molar-refractivity contribution is 5.05. The molecule has 3 aliphatic rings. The number of aliphatic hydroxyl groups excluding tert-OH is 1. The summed E-state index contributed by atoms with van der Waals surface area (Å²) in [6.07, 6.45) is -1.28. The van der Waals surface area contributed by atoms with E-state index in [0.29, 0.717) is 0 Å². The highest BCUT2D eigenvalue weighted by Crippen LogP contribution is 2.48. The van der Waals surface area contributed by atoms with Gasteiger partial charge in [-0.05, 0) is 34.6 Å². The van der Waals surface area contributed by atoms with Gasteiger partial charge in [-0.25, -0.2) is 0 Å². The van der Waals surface area contributed by atoms with Crippen molar-refractivity contribution in [1.29, 1.82) is 0 Å². The van der Waals surface area contributed by atoms with E-state index in [0.717, 1.165) is 0 Å². The molecule has 0 amide bonds. The number of aliphatic hydroxyl groups is 1. The third-order valence-electron chi connectivity index (χ3n) is 3.79. The molecule has 0 aromatic carbocycles. The fraction of sp³-hybridized carbons (Fsp3) is 1.00. The first kappa shape index (κ1) is 13.7. The van der Waals surface area contributed by atoms with E-state index < -0.39 is 23.5 Å². The Morgan fingerprint density at radius 1 is 0.895 bits per heavy atom. The summed E-state index contributed by atoms with van der Waals surface area (Å²) in [5, 5.41) is 9.73. The summed E-state index contributed by atoms with van der Waals surface area (Å²) in [5.41, 5.74) is 0. The first-order valence-corrected chi connectivity index (χ1v) is 6.70. The maximum Gasteiger partial charge on any atom is 0.224 e. The van der Waals surface area contributed by atoms with E-state index in [2.05, 4.69) is 0 Å². The lowest BCUT2D eigenvalue weighted by molar-refractivity contribution is -0.314. The molecule has 6 heteroatoms. The van der Waals surface area contributed by atoms with E-state index >= 15 is 0 Å². The highest BCUT2D eigenvalue weighted by atomic mass is 16.9. The third kappa shape index (κ3) is 2.02. The first-order valence-electron chi connectivity index (χ1n) is 6.70. The van der Waals surface area contributed by atoms with Crippen LogP contribution in [0.25, 0.3) is 0 Å². The fourth-order valence-electron chi connectivity index (χ4n) is 3.26. The zero-order chi connectivity index (χ0) is 14.1. The van der Waals surface area contributed by atoms with Crippen LogP contribution in [0.5, 0.6) is 0 Å². The van der Waals surface area contributed by atoms with Crippen LogP contribution in [0.1, 0.15) is 34.6 Å². The van der Waals surface area contributed by atoms with Gasteiger partial charge in [-0.2, -0.15) is 0 Å². The number of ether oxygens (including phenoxy) is 5. The van der Waals surface area contributed by atoms with Crippen molar-refractivity contribution in [3.63, 3.8) is 0 Å². The van der Waals surface area contributed by atoms with Crippen LogP contribution in [0.2, 0.25) is 0 Å². The topological polar surface area (TPSA) is 66.4 Å². The molecule has 3 saturated heterocycles. The molecular formula is C13H22O6. The predicted molar refractivity (Wildman–Crippen MR) is 64.2 cm³/mol. The summed E-state index contributed by atoms with van der Waals surface area (Å²) < 4.78 is 29.4. The second-order valence-electron chi connectivity index (χ2n) is 6.40. The Hall–Kier alpha value is -0.240. The van der Waals surface area contributed by atoms with Crippen molar-refractivity contribution in [2.24, 2.45) is 0 Å². The lowest BCUT2D eigenvalue weighted by Crippen LogP contribution is -2.63. The second-order valence-corrected chi connectivity index (χ2v) is 6.40. The lowest BCUT2D eigenvalue weighted by atomic mass is 9.93. The van der Waals surface area contributed by atoms with Crippen molar-refractivity contribution in [3.8, 4) is 0 Å². The number of hydrogen-bond donors (Lipinski definition) is 1. The maximum absolute atomic E-state index is 9.73. The molecule has 3 fully saturated rings. The van der Waals surface area contributed by atoms with Gasteiger partial charge in [0.2, 0.25) is 5.79 Å². The van der Waals surface area contributed by atoms with Crippen LogP contribution in [0.3, 0.4) is 0 Å². The Morgan fingerprint density at radius 2 is 1.53 bits per heavy atom. The zero-order valence-electron chi connectivity index (χ0n) is 12.0. The van der Waals surface area contributed by atoms with Crippen molar-refractivity contribution < 1.29 is 28.8 Å². The largest absolute Gasteiger partial charge is 0.391 e. The van der Waals surface area contributed by atoms with Crippen LogP contribution in [0.4, 0.5) is 0 Å². The highest BCUT2D eigenvalue weighted by Gasteiger charge is 2.66. The molecule has 3 heterocycles. The van der Waals surface area contributed by atoms with Crippen molar-refractivity contribution in [1.82, 2.24) is 0 Å². The molecular weight excluding hydrogens is 252 g/mol. The van der Waals surface area contributed by atoms with Crippen LogP contribution >= 0.6 is 0 Å². The summed E-state index contributed by atoms with van der Waals surface area (Å²) in [7, 11) is 0. The van der Waals surface area contributed by atoms with Gasteiger partial charge < -0.3 is 28.8 Å². The molecule has 0 aromatic heterocycles. The summed E-state index contributed by atoms with van der Waals surface area (Å²) in [6.45, 7) is 8.93. The minimum atomic E-state index is -1.17. The molecule has 110 valence electrons. The number of rotatable bonds is 1. The van der Waals surface area contributed by atoms with E-state index in [4.69, 9.17) is 23.7 Å². The molecule has 6 nitrogen and oxygen atoms in total. The number of fused-ring (bicyclic) bond motifs is 3. The molecule has 3 rings (SSSR count). The quantitative estimate of drug-likeness (QED) is 0.761. The molecule has 3 aliphatic heterocycles. The molecule has 0 saturated carbocycles. The second kappa shape index (κ2) is 3.90. The van der Waals surface area contributed by atoms with Crippen molar-refractivity contribution in [2.45, 2.75) is 76.4 Å². The van der Waals surface area contributed by atoms with Crippen molar-refractivity contribution in [3.05, 3.63) is 0 Å². The van der Waals surface area contributed by atoms with Crippen LogP contribution in [-0.4, -0.2) is 53.5 Å². The van der Waals surface area contributed by atoms with Crippen LogP contribution in [0.15, 0.2) is 0 Å². The van der Waals surface area contributed by atoms with Gasteiger partial charge in [0, 0.05) is 0 Å². The van der Waals surface area contributed by atoms with Gasteiger partial charge in [0.25, 0.3) is 0 Å². The summed E-state index contributed by atoms with van der Waals surface area (Å²) in [6, 6.07) is 0.